The molecule has 0 aromatic heterocycles. The van der Waals surface area contributed by atoms with E-state index in [-0.39, 0.29) is 23.4 Å². The first kappa shape index (κ1) is 21.3. The number of thioether (sulfide) groups is 1. The van der Waals surface area contributed by atoms with Crippen molar-refractivity contribution in [2.75, 3.05) is 43.8 Å². The Hall–Kier alpha value is -2.38. The third-order valence-electron chi connectivity index (χ3n) is 5.03. The van der Waals surface area contributed by atoms with Crippen LogP contribution in [-0.2, 0) is 9.59 Å². The van der Waals surface area contributed by atoms with Crippen LogP contribution in [-0.4, -0.2) is 60.1 Å². The second kappa shape index (κ2) is 9.89. The predicted molar refractivity (Wildman–Crippen MR) is 115 cm³/mol. The minimum atomic E-state index is -0.301. The first-order valence-corrected chi connectivity index (χ1v) is 10.7. The Balaban J connectivity index is 1.43. The van der Waals surface area contributed by atoms with Crippen molar-refractivity contribution in [3.05, 3.63) is 59.4 Å². The molecule has 0 spiro atoms. The molecular weight excluding hydrogens is 389 g/mol. The second-order valence-electron chi connectivity index (χ2n) is 7.19. The summed E-state index contributed by atoms with van der Waals surface area (Å²) in [6, 6.07) is 12.4. The van der Waals surface area contributed by atoms with Gasteiger partial charge in [0, 0.05) is 36.8 Å². The smallest absolute Gasteiger partial charge is 0.238 e. The van der Waals surface area contributed by atoms with Gasteiger partial charge < -0.3 is 10.2 Å². The van der Waals surface area contributed by atoms with Gasteiger partial charge >= 0.3 is 0 Å². The highest BCUT2D eigenvalue weighted by atomic mass is 32.2. The first-order chi connectivity index (χ1) is 13.9. The van der Waals surface area contributed by atoms with Gasteiger partial charge in [-0.3, -0.25) is 14.5 Å². The van der Waals surface area contributed by atoms with E-state index in [0.29, 0.717) is 37.6 Å². The van der Waals surface area contributed by atoms with Gasteiger partial charge in [-0.2, -0.15) is 0 Å². The third kappa shape index (κ3) is 5.81. The van der Waals surface area contributed by atoms with Crippen molar-refractivity contribution in [2.45, 2.75) is 18.7 Å². The summed E-state index contributed by atoms with van der Waals surface area (Å²) in [5.41, 5.74) is 2.96. The normalized spacial score (nSPS) is 14.7. The van der Waals surface area contributed by atoms with Crippen LogP contribution in [0.4, 0.5) is 10.1 Å². The SMILES string of the molecule is Cc1cccc(C)c1NC(=O)CN1CCN(C(=O)CSc2ccccc2F)CC1. The van der Waals surface area contributed by atoms with Gasteiger partial charge in [0.15, 0.2) is 0 Å². The molecule has 0 saturated carbocycles. The second-order valence-corrected chi connectivity index (χ2v) is 8.21. The number of benzene rings is 2. The minimum absolute atomic E-state index is 0.00195. The Morgan fingerprint density at radius 1 is 1.00 bits per heavy atom. The van der Waals surface area contributed by atoms with E-state index in [9.17, 15) is 14.0 Å². The fourth-order valence-corrected chi connectivity index (χ4v) is 4.18. The number of nitrogens with one attached hydrogen (secondary N) is 1. The van der Waals surface area contributed by atoms with Gasteiger partial charge in [0.05, 0.1) is 12.3 Å². The van der Waals surface area contributed by atoms with Crippen molar-refractivity contribution in [2.24, 2.45) is 0 Å². The maximum absolute atomic E-state index is 13.7. The van der Waals surface area contributed by atoms with Crippen molar-refractivity contribution in [3.8, 4) is 0 Å². The van der Waals surface area contributed by atoms with E-state index in [0.717, 1.165) is 16.8 Å². The molecule has 1 fully saturated rings. The molecule has 2 aromatic rings. The van der Waals surface area contributed by atoms with Crippen molar-refractivity contribution in [1.29, 1.82) is 0 Å². The monoisotopic (exact) mass is 415 g/mol. The van der Waals surface area contributed by atoms with Gasteiger partial charge in [0.2, 0.25) is 11.8 Å². The highest BCUT2D eigenvalue weighted by Crippen LogP contribution is 2.22. The Labute approximate surface area is 175 Å². The van der Waals surface area contributed by atoms with Crippen LogP contribution in [0.3, 0.4) is 0 Å². The van der Waals surface area contributed by atoms with E-state index in [2.05, 4.69) is 10.2 Å². The molecule has 2 amide bonds. The lowest BCUT2D eigenvalue weighted by Gasteiger charge is -2.34. The summed E-state index contributed by atoms with van der Waals surface area (Å²) in [5.74, 6) is -0.131. The average molecular weight is 416 g/mol. The Morgan fingerprint density at radius 3 is 2.31 bits per heavy atom. The minimum Gasteiger partial charge on any atom is -0.339 e. The highest BCUT2D eigenvalue weighted by molar-refractivity contribution is 8.00. The van der Waals surface area contributed by atoms with E-state index in [1.165, 1.54) is 17.8 Å². The molecule has 154 valence electrons. The van der Waals surface area contributed by atoms with Gasteiger partial charge in [-0.25, -0.2) is 4.39 Å². The molecule has 0 atom stereocenters. The molecule has 0 aliphatic carbocycles. The number of piperazine rings is 1. The zero-order valence-corrected chi connectivity index (χ0v) is 17.6. The number of hydrogen-bond acceptors (Lipinski definition) is 4. The van der Waals surface area contributed by atoms with E-state index in [4.69, 9.17) is 0 Å². The zero-order chi connectivity index (χ0) is 20.8. The number of amides is 2. The molecular formula is C22H26FN3O2S. The highest BCUT2D eigenvalue weighted by Gasteiger charge is 2.23. The maximum atomic E-state index is 13.7. The average Bonchev–Trinajstić information content (AvgIpc) is 2.70. The number of carbonyl (C=O) groups is 2. The first-order valence-electron chi connectivity index (χ1n) is 9.67. The summed E-state index contributed by atoms with van der Waals surface area (Å²) in [6.45, 7) is 6.71. The van der Waals surface area contributed by atoms with Gasteiger partial charge in [-0.15, -0.1) is 11.8 Å². The fourth-order valence-electron chi connectivity index (χ4n) is 3.34. The van der Waals surface area contributed by atoms with E-state index >= 15 is 0 Å². The Morgan fingerprint density at radius 2 is 1.66 bits per heavy atom. The van der Waals surface area contributed by atoms with Crippen LogP contribution < -0.4 is 5.32 Å². The lowest BCUT2D eigenvalue weighted by Crippen LogP contribution is -2.50. The van der Waals surface area contributed by atoms with Crippen molar-refractivity contribution >= 4 is 29.3 Å². The molecule has 1 heterocycles. The molecule has 0 unspecified atom stereocenters. The number of nitrogens with zero attached hydrogens (tertiary/aromatic N) is 2. The van der Waals surface area contributed by atoms with Crippen LogP contribution in [0.15, 0.2) is 47.4 Å². The van der Waals surface area contributed by atoms with E-state index in [1.807, 2.05) is 32.0 Å². The standard InChI is InChI=1S/C22H26FN3O2S/c1-16-6-5-7-17(2)22(16)24-20(27)14-25-10-12-26(13-11-25)21(28)15-29-19-9-4-3-8-18(19)23/h3-9H,10-15H2,1-2H3,(H,24,27). The summed E-state index contributed by atoms with van der Waals surface area (Å²) in [5, 5.41) is 3.00. The number of halogens is 1. The van der Waals surface area contributed by atoms with Crippen LogP contribution in [0.5, 0.6) is 0 Å². The number of aryl methyl sites for hydroxylation is 2. The van der Waals surface area contributed by atoms with Gasteiger partial charge in [-0.1, -0.05) is 30.3 Å². The van der Waals surface area contributed by atoms with E-state index < -0.39 is 0 Å². The molecule has 2 aromatic carbocycles. The molecule has 0 bridgehead atoms. The Bertz CT molecular complexity index is 862. The summed E-state index contributed by atoms with van der Waals surface area (Å²) in [6.07, 6.45) is 0. The van der Waals surface area contributed by atoms with Crippen LogP contribution in [0, 0.1) is 19.7 Å². The summed E-state index contributed by atoms with van der Waals surface area (Å²) in [7, 11) is 0. The quantitative estimate of drug-likeness (QED) is 0.736. The van der Waals surface area contributed by atoms with Gasteiger partial charge in [0.1, 0.15) is 5.82 Å². The number of rotatable bonds is 6. The van der Waals surface area contributed by atoms with Crippen LogP contribution in [0.1, 0.15) is 11.1 Å². The lowest BCUT2D eigenvalue weighted by atomic mass is 10.1. The molecule has 1 aliphatic heterocycles. The van der Waals surface area contributed by atoms with E-state index in [1.54, 1.807) is 23.1 Å². The molecule has 29 heavy (non-hydrogen) atoms. The van der Waals surface area contributed by atoms with Crippen molar-refractivity contribution < 1.29 is 14.0 Å². The summed E-state index contributed by atoms with van der Waals surface area (Å²) >= 11 is 1.22. The molecule has 1 saturated heterocycles. The molecule has 0 radical (unpaired) electrons. The summed E-state index contributed by atoms with van der Waals surface area (Å²) in [4.78, 5) is 29.2. The van der Waals surface area contributed by atoms with Crippen molar-refractivity contribution in [3.63, 3.8) is 0 Å². The Kier molecular flexibility index (Phi) is 7.28. The maximum Gasteiger partial charge on any atom is 0.238 e. The van der Waals surface area contributed by atoms with Gasteiger partial charge in [-0.05, 0) is 37.1 Å². The van der Waals surface area contributed by atoms with Crippen LogP contribution >= 0.6 is 11.8 Å². The largest absolute Gasteiger partial charge is 0.339 e. The number of hydrogen-bond donors (Lipinski definition) is 1. The molecule has 1 N–H and O–H groups in total. The molecule has 7 heteroatoms. The number of anilines is 1. The lowest BCUT2D eigenvalue weighted by molar-refractivity contribution is -0.130. The topological polar surface area (TPSA) is 52.7 Å². The molecule has 3 rings (SSSR count). The predicted octanol–water partition coefficient (Wildman–Crippen LogP) is 3.32. The molecule has 1 aliphatic rings. The fraction of sp³-hybridized carbons (Fsp3) is 0.364. The summed E-state index contributed by atoms with van der Waals surface area (Å²) < 4.78 is 13.7. The zero-order valence-electron chi connectivity index (χ0n) is 16.8. The molecule has 5 nitrogen and oxygen atoms in total. The van der Waals surface area contributed by atoms with Gasteiger partial charge in [0.25, 0.3) is 0 Å². The number of para-hydroxylation sites is 1. The van der Waals surface area contributed by atoms with Crippen LogP contribution in [0.2, 0.25) is 0 Å². The van der Waals surface area contributed by atoms with Crippen LogP contribution in [0.25, 0.3) is 0 Å². The third-order valence-corrected chi connectivity index (χ3v) is 6.06. The number of carbonyl (C=O) groups excluding carboxylic acids is 2. The van der Waals surface area contributed by atoms with Crippen molar-refractivity contribution in [1.82, 2.24) is 9.80 Å².